The van der Waals surface area contributed by atoms with E-state index in [9.17, 15) is 13.2 Å². The first-order chi connectivity index (χ1) is 12.4. The maximum Gasteiger partial charge on any atom is 0.252 e. The highest BCUT2D eigenvalue weighted by molar-refractivity contribution is 7.91. The van der Waals surface area contributed by atoms with Crippen LogP contribution in [0.5, 0.6) is 0 Å². The van der Waals surface area contributed by atoms with Crippen LogP contribution in [-0.4, -0.2) is 39.7 Å². The Kier molecular flexibility index (Phi) is 6.80. The Morgan fingerprint density at radius 1 is 1.08 bits per heavy atom. The van der Waals surface area contributed by atoms with Crippen LogP contribution in [-0.2, 0) is 9.84 Å². The molecule has 1 N–H and O–H groups in total. The smallest absolute Gasteiger partial charge is 0.252 e. The molecule has 140 valence electrons. The highest BCUT2D eigenvalue weighted by Crippen LogP contribution is 2.18. The number of nitrogens with zero attached hydrogens (tertiary/aromatic N) is 1. The molecule has 0 heterocycles. The lowest BCUT2D eigenvalue weighted by molar-refractivity contribution is 0.0948. The molecule has 0 bridgehead atoms. The lowest BCUT2D eigenvalue weighted by Crippen LogP contribution is -2.40. The van der Waals surface area contributed by atoms with E-state index >= 15 is 0 Å². The molecule has 0 aromatic heterocycles. The van der Waals surface area contributed by atoms with Gasteiger partial charge in [-0.25, -0.2) is 8.42 Å². The SMILES string of the molecule is CCCS(=O)(=O)c1ccccc1C(=O)NCC(C)N(C)c1ccccc1. The van der Waals surface area contributed by atoms with Gasteiger partial charge in [-0.1, -0.05) is 37.3 Å². The molecule has 0 aliphatic rings. The van der Waals surface area contributed by atoms with Crippen LogP contribution in [0.1, 0.15) is 30.6 Å². The van der Waals surface area contributed by atoms with Gasteiger partial charge in [0.1, 0.15) is 0 Å². The summed E-state index contributed by atoms with van der Waals surface area (Å²) in [7, 11) is -1.49. The molecule has 0 saturated carbocycles. The topological polar surface area (TPSA) is 66.5 Å². The number of sulfone groups is 1. The monoisotopic (exact) mass is 374 g/mol. The summed E-state index contributed by atoms with van der Waals surface area (Å²) in [6.07, 6.45) is 0.511. The highest BCUT2D eigenvalue weighted by atomic mass is 32.2. The van der Waals surface area contributed by atoms with E-state index in [1.165, 1.54) is 6.07 Å². The van der Waals surface area contributed by atoms with Gasteiger partial charge >= 0.3 is 0 Å². The third-order valence-electron chi connectivity index (χ3n) is 4.32. The molecule has 0 fully saturated rings. The number of carbonyl (C=O) groups is 1. The number of likely N-dealkylation sites (N-methyl/N-ethyl adjacent to an activating group) is 1. The third kappa shape index (κ3) is 4.85. The number of hydrogen-bond acceptors (Lipinski definition) is 4. The molecule has 0 aliphatic carbocycles. The van der Waals surface area contributed by atoms with Crippen LogP contribution < -0.4 is 10.2 Å². The minimum absolute atomic E-state index is 0.0322. The molecule has 0 saturated heterocycles. The summed E-state index contributed by atoms with van der Waals surface area (Å²) in [4.78, 5) is 14.8. The van der Waals surface area contributed by atoms with Gasteiger partial charge in [-0.3, -0.25) is 4.79 Å². The Bertz CT molecular complexity index is 835. The fraction of sp³-hybridized carbons (Fsp3) is 0.350. The lowest BCUT2D eigenvalue weighted by atomic mass is 10.2. The second kappa shape index (κ2) is 8.85. The average molecular weight is 375 g/mol. The normalized spacial score (nSPS) is 12.4. The predicted molar refractivity (Wildman–Crippen MR) is 105 cm³/mol. The molecule has 0 spiro atoms. The molecule has 5 nitrogen and oxygen atoms in total. The van der Waals surface area contributed by atoms with Crippen molar-refractivity contribution in [3.05, 3.63) is 60.2 Å². The van der Waals surface area contributed by atoms with Crippen molar-refractivity contribution in [2.45, 2.75) is 31.2 Å². The summed E-state index contributed by atoms with van der Waals surface area (Å²) in [5.74, 6) is -0.335. The number of hydrogen-bond donors (Lipinski definition) is 1. The molecule has 2 aromatic carbocycles. The van der Waals surface area contributed by atoms with Crippen molar-refractivity contribution in [3.8, 4) is 0 Å². The quantitative estimate of drug-likeness (QED) is 0.771. The molecule has 1 amide bonds. The summed E-state index contributed by atoms with van der Waals surface area (Å²) in [6, 6.07) is 16.3. The predicted octanol–water partition coefficient (Wildman–Crippen LogP) is 3.13. The first kappa shape index (κ1) is 20.0. The fourth-order valence-electron chi connectivity index (χ4n) is 2.69. The van der Waals surface area contributed by atoms with E-state index in [-0.39, 0.29) is 28.2 Å². The Labute approximate surface area is 156 Å². The number of anilines is 1. The molecule has 0 radical (unpaired) electrons. The molecule has 26 heavy (non-hydrogen) atoms. The van der Waals surface area contributed by atoms with E-state index in [1.54, 1.807) is 25.1 Å². The largest absolute Gasteiger partial charge is 0.370 e. The van der Waals surface area contributed by atoms with E-state index in [0.29, 0.717) is 13.0 Å². The summed E-state index contributed by atoms with van der Waals surface area (Å²) in [5.41, 5.74) is 1.26. The molecule has 0 aliphatic heterocycles. The molecule has 2 rings (SSSR count). The molecular formula is C20H26N2O3S. The van der Waals surface area contributed by atoms with Crippen molar-refractivity contribution in [3.63, 3.8) is 0 Å². The van der Waals surface area contributed by atoms with Gasteiger partial charge in [-0.15, -0.1) is 0 Å². The number of nitrogens with one attached hydrogen (secondary N) is 1. The Morgan fingerprint density at radius 3 is 2.35 bits per heavy atom. The lowest BCUT2D eigenvalue weighted by Gasteiger charge is -2.27. The van der Waals surface area contributed by atoms with Crippen molar-refractivity contribution < 1.29 is 13.2 Å². The summed E-state index contributed by atoms with van der Waals surface area (Å²) >= 11 is 0. The van der Waals surface area contributed by atoms with Crippen LogP contribution in [0.4, 0.5) is 5.69 Å². The molecular weight excluding hydrogens is 348 g/mol. The van der Waals surface area contributed by atoms with Crippen LogP contribution in [0.25, 0.3) is 0 Å². The second-order valence-electron chi connectivity index (χ2n) is 6.32. The van der Waals surface area contributed by atoms with Crippen LogP contribution in [0, 0.1) is 0 Å². The van der Waals surface area contributed by atoms with E-state index < -0.39 is 9.84 Å². The third-order valence-corrected chi connectivity index (χ3v) is 6.29. The number of carbonyl (C=O) groups excluding carboxylic acids is 1. The maximum absolute atomic E-state index is 12.6. The minimum atomic E-state index is -3.46. The molecule has 6 heteroatoms. The van der Waals surface area contributed by atoms with Crippen molar-refractivity contribution in [1.82, 2.24) is 5.32 Å². The number of amides is 1. The van der Waals surface area contributed by atoms with Crippen molar-refractivity contribution in [2.24, 2.45) is 0 Å². The van der Waals surface area contributed by atoms with Gasteiger partial charge in [0.2, 0.25) is 0 Å². The Morgan fingerprint density at radius 2 is 1.69 bits per heavy atom. The number of benzene rings is 2. The zero-order valence-corrected chi connectivity index (χ0v) is 16.3. The van der Waals surface area contributed by atoms with Crippen molar-refractivity contribution >= 4 is 21.4 Å². The van der Waals surface area contributed by atoms with Gasteiger partial charge < -0.3 is 10.2 Å². The van der Waals surface area contributed by atoms with Crippen LogP contribution in [0.3, 0.4) is 0 Å². The van der Waals surface area contributed by atoms with E-state index in [0.717, 1.165) is 5.69 Å². The van der Waals surface area contributed by atoms with Gasteiger partial charge in [0.05, 0.1) is 16.2 Å². The summed E-state index contributed by atoms with van der Waals surface area (Å²) in [5, 5.41) is 2.86. The minimum Gasteiger partial charge on any atom is -0.370 e. The highest BCUT2D eigenvalue weighted by Gasteiger charge is 2.22. The fourth-order valence-corrected chi connectivity index (χ4v) is 4.23. The maximum atomic E-state index is 12.6. The number of para-hydroxylation sites is 1. The zero-order valence-electron chi connectivity index (χ0n) is 15.5. The van der Waals surface area contributed by atoms with E-state index in [1.807, 2.05) is 44.3 Å². The van der Waals surface area contributed by atoms with Gasteiger partial charge in [-0.2, -0.15) is 0 Å². The number of rotatable bonds is 8. The first-order valence-electron chi connectivity index (χ1n) is 8.74. The van der Waals surface area contributed by atoms with Gasteiger partial charge in [0, 0.05) is 25.3 Å². The summed E-state index contributed by atoms with van der Waals surface area (Å²) < 4.78 is 24.8. The van der Waals surface area contributed by atoms with E-state index in [4.69, 9.17) is 0 Å². The molecule has 1 atom stereocenters. The van der Waals surface area contributed by atoms with Gasteiger partial charge in [0.25, 0.3) is 5.91 Å². The Balaban J connectivity index is 2.09. The standard InChI is InChI=1S/C20H26N2O3S/c1-4-14-26(24,25)19-13-9-8-12-18(19)20(23)21-15-16(2)22(3)17-10-6-5-7-11-17/h5-13,16H,4,14-15H2,1-3H3,(H,21,23). The van der Waals surface area contributed by atoms with Crippen molar-refractivity contribution in [2.75, 3.05) is 24.2 Å². The van der Waals surface area contributed by atoms with Gasteiger partial charge in [0.15, 0.2) is 9.84 Å². The second-order valence-corrected chi connectivity index (χ2v) is 8.40. The zero-order chi connectivity index (χ0) is 19.2. The van der Waals surface area contributed by atoms with E-state index in [2.05, 4.69) is 10.2 Å². The average Bonchev–Trinajstić information content (AvgIpc) is 2.66. The van der Waals surface area contributed by atoms with Gasteiger partial charge in [-0.05, 0) is 37.6 Å². The summed E-state index contributed by atoms with van der Waals surface area (Å²) in [6.45, 7) is 4.22. The van der Waals surface area contributed by atoms with Crippen LogP contribution >= 0.6 is 0 Å². The van der Waals surface area contributed by atoms with Crippen LogP contribution in [0.2, 0.25) is 0 Å². The Hall–Kier alpha value is -2.34. The van der Waals surface area contributed by atoms with Crippen LogP contribution in [0.15, 0.2) is 59.5 Å². The first-order valence-corrected chi connectivity index (χ1v) is 10.4. The molecule has 2 aromatic rings. The van der Waals surface area contributed by atoms with Crippen molar-refractivity contribution in [1.29, 1.82) is 0 Å². The molecule has 1 unspecified atom stereocenters.